The minimum Gasteiger partial charge on any atom is -0.378 e. The van der Waals surface area contributed by atoms with Gasteiger partial charge in [-0.05, 0) is 30.7 Å². The first kappa shape index (κ1) is 16.7. The number of likely N-dealkylation sites (N-methyl/N-ethyl adjacent to an activating group) is 1. The zero-order valence-corrected chi connectivity index (χ0v) is 14.7. The van der Waals surface area contributed by atoms with E-state index in [9.17, 15) is 0 Å². The molecule has 0 radical (unpaired) electrons. The van der Waals surface area contributed by atoms with Crippen LogP contribution in [-0.4, -0.2) is 51.9 Å². The summed E-state index contributed by atoms with van der Waals surface area (Å²) in [4.78, 5) is 2.43. The predicted octanol–water partition coefficient (Wildman–Crippen LogP) is 3.17. The maximum absolute atomic E-state index is 4.49. The van der Waals surface area contributed by atoms with Crippen molar-refractivity contribution in [3.63, 3.8) is 0 Å². The molecule has 4 nitrogen and oxygen atoms in total. The molecule has 0 aromatic carbocycles. The number of thioether (sulfide) groups is 1. The quantitative estimate of drug-likeness (QED) is 0.838. The Balaban J connectivity index is 1.88. The fraction of sp³-hybridized carbons (Fsp3) is 0.812. The van der Waals surface area contributed by atoms with E-state index < -0.39 is 0 Å². The number of nitrogens with zero attached hydrogens (tertiary/aromatic N) is 3. The molecule has 1 aliphatic rings. The normalized spacial score (nSPS) is 21.7. The van der Waals surface area contributed by atoms with Gasteiger partial charge in [0.25, 0.3) is 0 Å². The van der Waals surface area contributed by atoms with E-state index in [1.54, 1.807) is 0 Å². The fourth-order valence-corrected chi connectivity index (χ4v) is 4.33. The second-order valence-electron chi connectivity index (χ2n) is 6.53. The van der Waals surface area contributed by atoms with Gasteiger partial charge in [-0.25, -0.2) is 0 Å². The number of nitrogens with one attached hydrogen (secondary N) is 1. The molecule has 5 heteroatoms. The Hall–Kier alpha value is -0.680. The van der Waals surface area contributed by atoms with Gasteiger partial charge < -0.3 is 10.2 Å². The van der Waals surface area contributed by atoms with Gasteiger partial charge in [0.1, 0.15) is 0 Å². The number of hydrogen-bond donors (Lipinski definition) is 1. The maximum Gasteiger partial charge on any atom is 0.0729 e. The standard InChI is InChI=1S/C16H30N4S/c1-5-19(6-2)8-9-20-12-14(11-17-20)18-15-13-21-10-7-16(15,3)4/h11-12,15,18H,5-10,13H2,1-4H3. The molecule has 2 rings (SSSR count). The van der Waals surface area contributed by atoms with Crippen molar-refractivity contribution in [1.82, 2.24) is 14.7 Å². The Morgan fingerprint density at radius 3 is 2.86 bits per heavy atom. The van der Waals surface area contributed by atoms with Crippen LogP contribution in [0.25, 0.3) is 0 Å². The minimum atomic E-state index is 0.370. The summed E-state index contributed by atoms with van der Waals surface area (Å²) < 4.78 is 2.06. The zero-order chi connectivity index (χ0) is 15.3. The van der Waals surface area contributed by atoms with Crippen LogP contribution < -0.4 is 5.32 Å². The summed E-state index contributed by atoms with van der Waals surface area (Å²) >= 11 is 2.06. The molecule has 2 heterocycles. The molecule has 0 spiro atoms. The molecule has 1 N–H and O–H groups in total. The molecule has 0 aliphatic carbocycles. The van der Waals surface area contributed by atoms with E-state index in [1.807, 2.05) is 6.20 Å². The Morgan fingerprint density at radius 2 is 2.19 bits per heavy atom. The lowest BCUT2D eigenvalue weighted by Gasteiger charge is -2.38. The van der Waals surface area contributed by atoms with Gasteiger partial charge in [-0.1, -0.05) is 27.7 Å². The average molecular weight is 311 g/mol. The van der Waals surface area contributed by atoms with E-state index in [4.69, 9.17) is 0 Å². The lowest BCUT2D eigenvalue weighted by atomic mass is 9.82. The Morgan fingerprint density at radius 1 is 1.43 bits per heavy atom. The Kier molecular flexibility index (Phi) is 5.99. The highest BCUT2D eigenvalue weighted by molar-refractivity contribution is 7.99. The lowest BCUT2D eigenvalue weighted by molar-refractivity contribution is 0.285. The van der Waals surface area contributed by atoms with Gasteiger partial charge >= 0.3 is 0 Å². The van der Waals surface area contributed by atoms with Crippen molar-refractivity contribution >= 4 is 17.4 Å². The largest absolute Gasteiger partial charge is 0.378 e. The van der Waals surface area contributed by atoms with E-state index in [2.05, 4.69) is 65.7 Å². The van der Waals surface area contributed by atoms with Gasteiger partial charge in [0, 0.05) is 24.5 Å². The fourth-order valence-electron chi connectivity index (χ4n) is 2.72. The number of aromatic nitrogens is 2. The molecule has 120 valence electrons. The first-order valence-corrected chi connectivity index (χ1v) is 9.29. The highest BCUT2D eigenvalue weighted by atomic mass is 32.2. The molecule has 1 unspecified atom stereocenters. The van der Waals surface area contributed by atoms with Crippen molar-refractivity contribution in [2.45, 2.75) is 46.7 Å². The third-order valence-corrected chi connectivity index (χ3v) is 5.69. The van der Waals surface area contributed by atoms with Gasteiger partial charge in [0.2, 0.25) is 0 Å². The van der Waals surface area contributed by atoms with Crippen molar-refractivity contribution in [3.05, 3.63) is 12.4 Å². The smallest absolute Gasteiger partial charge is 0.0729 e. The molecule has 0 amide bonds. The van der Waals surface area contributed by atoms with Gasteiger partial charge in [-0.3, -0.25) is 4.68 Å². The van der Waals surface area contributed by atoms with Gasteiger partial charge in [-0.2, -0.15) is 16.9 Å². The third kappa shape index (κ3) is 4.65. The SMILES string of the molecule is CCN(CC)CCn1cc(NC2CSCCC2(C)C)cn1. The molecule has 1 aliphatic heterocycles. The summed E-state index contributed by atoms with van der Waals surface area (Å²) in [5.74, 6) is 2.48. The van der Waals surface area contributed by atoms with Gasteiger partial charge in [0.15, 0.2) is 0 Å². The van der Waals surface area contributed by atoms with Crippen molar-refractivity contribution in [1.29, 1.82) is 0 Å². The lowest BCUT2D eigenvalue weighted by Crippen LogP contribution is -2.41. The summed E-state index contributed by atoms with van der Waals surface area (Å²) in [5, 5.41) is 8.18. The maximum atomic E-state index is 4.49. The first-order chi connectivity index (χ1) is 10.0. The van der Waals surface area contributed by atoms with Crippen LogP contribution in [0.15, 0.2) is 12.4 Å². The summed E-state index contributed by atoms with van der Waals surface area (Å²) in [6.45, 7) is 13.4. The van der Waals surface area contributed by atoms with Crippen LogP contribution >= 0.6 is 11.8 Å². The monoisotopic (exact) mass is 310 g/mol. The molecule has 1 saturated heterocycles. The van der Waals surface area contributed by atoms with Crippen LogP contribution in [0, 0.1) is 5.41 Å². The van der Waals surface area contributed by atoms with Crippen molar-refractivity contribution in [3.8, 4) is 0 Å². The average Bonchev–Trinajstić information content (AvgIpc) is 2.90. The minimum absolute atomic E-state index is 0.370. The van der Waals surface area contributed by atoms with Crippen LogP contribution in [-0.2, 0) is 6.54 Å². The van der Waals surface area contributed by atoms with Crippen molar-refractivity contribution in [2.75, 3.05) is 36.5 Å². The third-order valence-electron chi connectivity index (χ3n) is 4.63. The summed E-state index contributed by atoms with van der Waals surface area (Å²) in [7, 11) is 0. The van der Waals surface area contributed by atoms with Gasteiger partial charge in [-0.15, -0.1) is 0 Å². The van der Waals surface area contributed by atoms with E-state index in [0.29, 0.717) is 11.5 Å². The number of anilines is 1. The van der Waals surface area contributed by atoms with E-state index >= 15 is 0 Å². The van der Waals surface area contributed by atoms with E-state index in [1.165, 1.54) is 17.9 Å². The zero-order valence-electron chi connectivity index (χ0n) is 13.9. The molecule has 0 bridgehead atoms. The second-order valence-corrected chi connectivity index (χ2v) is 7.68. The topological polar surface area (TPSA) is 33.1 Å². The van der Waals surface area contributed by atoms with Crippen LogP contribution in [0.5, 0.6) is 0 Å². The summed E-state index contributed by atoms with van der Waals surface area (Å²) in [6, 6.07) is 0.539. The van der Waals surface area contributed by atoms with Crippen LogP contribution in [0.1, 0.15) is 34.1 Å². The highest BCUT2D eigenvalue weighted by Crippen LogP contribution is 2.35. The molecule has 1 aromatic heterocycles. The molecule has 1 fully saturated rings. The van der Waals surface area contributed by atoms with Crippen LogP contribution in [0.4, 0.5) is 5.69 Å². The second kappa shape index (κ2) is 7.54. The van der Waals surface area contributed by atoms with Crippen LogP contribution in [0.2, 0.25) is 0 Å². The summed E-state index contributed by atoms with van der Waals surface area (Å²) in [6.07, 6.45) is 5.40. The molecular weight excluding hydrogens is 280 g/mol. The van der Waals surface area contributed by atoms with Crippen molar-refractivity contribution < 1.29 is 0 Å². The van der Waals surface area contributed by atoms with Crippen molar-refractivity contribution in [2.24, 2.45) is 5.41 Å². The van der Waals surface area contributed by atoms with E-state index in [-0.39, 0.29) is 0 Å². The Bertz CT molecular complexity index is 426. The predicted molar refractivity (Wildman–Crippen MR) is 93.1 cm³/mol. The molecule has 21 heavy (non-hydrogen) atoms. The highest BCUT2D eigenvalue weighted by Gasteiger charge is 2.32. The molecule has 1 aromatic rings. The number of rotatable bonds is 7. The molecule has 0 saturated carbocycles. The van der Waals surface area contributed by atoms with Crippen LogP contribution in [0.3, 0.4) is 0 Å². The van der Waals surface area contributed by atoms with Gasteiger partial charge in [0.05, 0.1) is 18.4 Å². The molecule has 1 atom stereocenters. The van der Waals surface area contributed by atoms with E-state index in [0.717, 1.165) is 31.9 Å². The Labute approximate surface area is 133 Å². The first-order valence-electron chi connectivity index (χ1n) is 8.14. The number of hydrogen-bond acceptors (Lipinski definition) is 4. The molecular formula is C16H30N4S. The summed E-state index contributed by atoms with van der Waals surface area (Å²) in [5.41, 5.74) is 1.53.